The lowest BCUT2D eigenvalue weighted by Gasteiger charge is -2.39. The molecule has 0 unspecified atom stereocenters. The van der Waals surface area contributed by atoms with E-state index in [1.807, 2.05) is 11.8 Å². The number of guanidine groups is 1. The highest BCUT2D eigenvalue weighted by Gasteiger charge is 2.40. The molecule has 140 valence electrons. The Labute approximate surface area is 148 Å². The van der Waals surface area contributed by atoms with Crippen LogP contribution in [0.15, 0.2) is 27.8 Å². The molecule has 0 atom stereocenters. The van der Waals surface area contributed by atoms with Gasteiger partial charge in [-0.2, -0.15) is 0 Å². The Hall–Kier alpha value is -2.03. The van der Waals surface area contributed by atoms with Gasteiger partial charge in [-0.1, -0.05) is 0 Å². The highest BCUT2D eigenvalue weighted by Crippen LogP contribution is 2.23. The second-order valence-electron chi connectivity index (χ2n) is 6.53. The second kappa shape index (κ2) is 7.90. The van der Waals surface area contributed by atoms with Crippen LogP contribution < -0.4 is 10.6 Å². The molecule has 0 aromatic carbocycles. The van der Waals surface area contributed by atoms with Crippen LogP contribution in [-0.2, 0) is 21.2 Å². The Morgan fingerprint density at radius 1 is 1.40 bits per heavy atom. The summed E-state index contributed by atoms with van der Waals surface area (Å²) in [5.41, 5.74) is 0. The minimum atomic E-state index is -3.12. The van der Waals surface area contributed by atoms with Crippen molar-refractivity contribution in [3.8, 4) is 0 Å². The lowest BCUT2D eigenvalue weighted by Crippen LogP contribution is -2.57. The standard InChI is InChI=1S/C16H26N4O4S/c1-4-17-15(20-7-9-25(22,23)16(2,3)12-20)19-11-14(21)18-10-13-6-5-8-24-13/h5-6,8H,4,7,9-12H2,1-3H3,(H,17,19)(H,18,21). The third-order valence-corrected chi connectivity index (χ3v) is 6.62. The SMILES string of the molecule is CCNC(=NCC(=O)NCc1ccco1)N1CCS(=O)(=O)C(C)(C)C1. The summed E-state index contributed by atoms with van der Waals surface area (Å²) in [6, 6.07) is 3.54. The Morgan fingerprint density at radius 3 is 2.76 bits per heavy atom. The van der Waals surface area contributed by atoms with Crippen molar-refractivity contribution < 1.29 is 17.6 Å². The van der Waals surface area contributed by atoms with Gasteiger partial charge in [0.1, 0.15) is 12.3 Å². The molecule has 0 spiro atoms. The van der Waals surface area contributed by atoms with Crippen molar-refractivity contribution in [3.05, 3.63) is 24.2 Å². The molecule has 2 rings (SSSR count). The number of hydrogen-bond acceptors (Lipinski definition) is 5. The highest BCUT2D eigenvalue weighted by atomic mass is 32.2. The monoisotopic (exact) mass is 370 g/mol. The maximum atomic E-state index is 12.1. The first-order valence-electron chi connectivity index (χ1n) is 8.30. The van der Waals surface area contributed by atoms with Crippen LogP contribution >= 0.6 is 0 Å². The van der Waals surface area contributed by atoms with E-state index in [1.54, 1.807) is 32.2 Å². The van der Waals surface area contributed by atoms with Gasteiger partial charge in [-0.3, -0.25) is 4.79 Å². The van der Waals surface area contributed by atoms with Crippen LogP contribution in [0.2, 0.25) is 0 Å². The van der Waals surface area contributed by atoms with E-state index < -0.39 is 14.6 Å². The minimum absolute atomic E-state index is 0.0350. The normalized spacial score (nSPS) is 19.5. The first-order chi connectivity index (χ1) is 11.7. The quantitative estimate of drug-likeness (QED) is 0.573. The van der Waals surface area contributed by atoms with Crippen LogP contribution in [-0.4, -0.2) is 61.9 Å². The number of carbonyl (C=O) groups excluding carboxylic acids is 1. The van der Waals surface area contributed by atoms with Crippen LogP contribution in [0.3, 0.4) is 0 Å². The van der Waals surface area contributed by atoms with Gasteiger partial charge in [-0.15, -0.1) is 0 Å². The maximum Gasteiger partial charge on any atom is 0.242 e. The van der Waals surface area contributed by atoms with Gasteiger partial charge in [0.15, 0.2) is 15.8 Å². The number of aliphatic imine (C=N–C) groups is 1. The van der Waals surface area contributed by atoms with Gasteiger partial charge < -0.3 is 20.0 Å². The fourth-order valence-corrected chi connectivity index (χ4v) is 3.92. The molecule has 0 saturated carbocycles. The van der Waals surface area contributed by atoms with Gasteiger partial charge in [-0.05, 0) is 32.9 Å². The predicted octanol–water partition coefficient (Wildman–Crippen LogP) is 0.370. The molecule has 2 heterocycles. The van der Waals surface area contributed by atoms with E-state index >= 15 is 0 Å². The second-order valence-corrected chi connectivity index (χ2v) is 9.27. The summed E-state index contributed by atoms with van der Waals surface area (Å²) in [6.07, 6.45) is 1.55. The summed E-state index contributed by atoms with van der Waals surface area (Å²) in [5.74, 6) is 1.08. The van der Waals surface area contributed by atoms with Crippen LogP contribution in [0.1, 0.15) is 26.5 Å². The molecule has 0 radical (unpaired) electrons. The molecule has 0 bridgehead atoms. The summed E-state index contributed by atoms with van der Waals surface area (Å²) in [7, 11) is -3.12. The van der Waals surface area contributed by atoms with Crippen molar-refractivity contribution >= 4 is 21.7 Å². The number of amides is 1. The maximum absolute atomic E-state index is 12.1. The first-order valence-corrected chi connectivity index (χ1v) is 9.95. The lowest BCUT2D eigenvalue weighted by atomic mass is 10.2. The molecule has 1 aliphatic rings. The molecule has 1 aliphatic heterocycles. The van der Waals surface area contributed by atoms with Crippen LogP contribution in [0, 0.1) is 0 Å². The number of hydrogen-bond donors (Lipinski definition) is 2. The van der Waals surface area contributed by atoms with Crippen LogP contribution in [0.25, 0.3) is 0 Å². The largest absolute Gasteiger partial charge is 0.467 e. The van der Waals surface area contributed by atoms with E-state index in [2.05, 4.69) is 15.6 Å². The van der Waals surface area contributed by atoms with E-state index in [4.69, 9.17) is 4.42 Å². The summed E-state index contributed by atoms with van der Waals surface area (Å²) in [4.78, 5) is 18.2. The van der Waals surface area contributed by atoms with Gasteiger partial charge >= 0.3 is 0 Å². The van der Waals surface area contributed by atoms with E-state index in [0.29, 0.717) is 37.9 Å². The van der Waals surface area contributed by atoms with Crippen molar-refractivity contribution in [1.82, 2.24) is 15.5 Å². The predicted molar refractivity (Wildman–Crippen MR) is 96.0 cm³/mol. The van der Waals surface area contributed by atoms with E-state index in [1.165, 1.54) is 0 Å². The zero-order chi connectivity index (χ0) is 18.5. The molecule has 1 aromatic rings. The number of rotatable bonds is 5. The van der Waals surface area contributed by atoms with Gasteiger partial charge in [0, 0.05) is 19.6 Å². The fourth-order valence-electron chi connectivity index (χ4n) is 2.55. The third-order valence-electron chi connectivity index (χ3n) is 4.09. The number of nitrogens with zero attached hydrogens (tertiary/aromatic N) is 2. The number of furan rings is 1. The average Bonchev–Trinajstić information content (AvgIpc) is 3.05. The Morgan fingerprint density at radius 2 is 2.16 bits per heavy atom. The zero-order valence-electron chi connectivity index (χ0n) is 14.9. The third kappa shape index (κ3) is 4.97. The Kier molecular flexibility index (Phi) is 6.10. The molecule has 1 amide bonds. The highest BCUT2D eigenvalue weighted by molar-refractivity contribution is 7.92. The van der Waals surface area contributed by atoms with E-state index in [9.17, 15) is 13.2 Å². The number of carbonyl (C=O) groups is 1. The molecule has 9 heteroatoms. The summed E-state index contributed by atoms with van der Waals surface area (Å²) >= 11 is 0. The average molecular weight is 370 g/mol. The van der Waals surface area contributed by atoms with E-state index in [-0.39, 0.29) is 18.2 Å². The summed E-state index contributed by atoms with van der Waals surface area (Å²) in [5, 5.41) is 5.86. The smallest absolute Gasteiger partial charge is 0.242 e. The van der Waals surface area contributed by atoms with Crippen molar-refractivity contribution in [3.63, 3.8) is 0 Å². The summed E-state index contributed by atoms with van der Waals surface area (Å²) in [6.45, 7) is 6.98. The molecule has 8 nitrogen and oxygen atoms in total. The first kappa shape index (κ1) is 19.3. The van der Waals surface area contributed by atoms with Crippen molar-refractivity contribution in [1.29, 1.82) is 0 Å². The van der Waals surface area contributed by atoms with E-state index in [0.717, 1.165) is 0 Å². The topological polar surface area (TPSA) is 104 Å². The molecular formula is C16H26N4O4S. The molecule has 0 aliphatic carbocycles. The Bertz CT molecular complexity index is 711. The minimum Gasteiger partial charge on any atom is -0.467 e. The number of nitrogens with one attached hydrogen (secondary N) is 2. The van der Waals surface area contributed by atoms with Gasteiger partial charge in [0.2, 0.25) is 5.91 Å². The zero-order valence-corrected chi connectivity index (χ0v) is 15.7. The fraction of sp³-hybridized carbons (Fsp3) is 0.625. The molecule has 1 aromatic heterocycles. The molecule has 1 fully saturated rings. The number of sulfone groups is 1. The van der Waals surface area contributed by atoms with Crippen LogP contribution in [0.4, 0.5) is 0 Å². The molecule has 1 saturated heterocycles. The lowest BCUT2D eigenvalue weighted by molar-refractivity contribution is -0.119. The molecule has 25 heavy (non-hydrogen) atoms. The van der Waals surface area contributed by atoms with Gasteiger partial charge in [-0.25, -0.2) is 13.4 Å². The summed E-state index contributed by atoms with van der Waals surface area (Å²) < 4.78 is 28.6. The van der Waals surface area contributed by atoms with Crippen LogP contribution in [0.5, 0.6) is 0 Å². The molecule has 2 N–H and O–H groups in total. The van der Waals surface area contributed by atoms with Crippen molar-refractivity contribution in [2.75, 3.05) is 31.9 Å². The van der Waals surface area contributed by atoms with Gasteiger partial charge in [0.05, 0.1) is 23.3 Å². The van der Waals surface area contributed by atoms with Gasteiger partial charge in [0.25, 0.3) is 0 Å². The Balaban J connectivity index is 1.97. The van der Waals surface area contributed by atoms with Crippen molar-refractivity contribution in [2.24, 2.45) is 4.99 Å². The molecular weight excluding hydrogens is 344 g/mol. The van der Waals surface area contributed by atoms with Crippen molar-refractivity contribution in [2.45, 2.75) is 32.1 Å².